The second-order valence-corrected chi connectivity index (χ2v) is 6.96. The van der Waals surface area contributed by atoms with Gasteiger partial charge in [0.15, 0.2) is 0 Å². The van der Waals surface area contributed by atoms with Gasteiger partial charge >= 0.3 is 0 Å². The number of hydrogen-bond donors (Lipinski definition) is 1. The van der Waals surface area contributed by atoms with E-state index in [1.165, 1.54) is 29.0 Å². The summed E-state index contributed by atoms with van der Waals surface area (Å²) in [6.45, 7) is 4.54. The summed E-state index contributed by atoms with van der Waals surface area (Å²) in [5.74, 6) is 0. The smallest absolute Gasteiger partial charge is 0.100 e. The van der Waals surface area contributed by atoms with Crippen LogP contribution in [0.15, 0.2) is 22.7 Å². The summed E-state index contributed by atoms with van der Waals surface area (Å²) in [7, 11) is 0. The summed E-state index contributed by atoms with van der Waals surface area (Å²) in [4.78, 5) is 4.89. The maximum absolute atomic E-state index is 4.89. The first-order valence-corrected chi connectivity index (χ1v) is 8.12. The first-order valence-electron chi connectivity index (χ1n) is 6.51. The third-order valence-electron chi connectivity index (χ3n) is 4.04. The van der Waals surface area contributed by atoms with E-state index in [2.05, 4.69) is 46.4 Å². The Kier molecular flexibility index (Phi) is 3.43. The van der Waals surface area contributed by atoms with Gasteiger partial charge in [-0.15, -0.1) is 11.3 Å². The standard InChI is InChI=1S/C14H17BrN2S/c1-2-14(5-7-16-8-6-14)13-17-11-4-3-10(15)9-12(11)18-13/h3-4,9,16H,2,5-8H2,1H3. The van der Waals surface area contributed by atoms with Crippen molar-refractivity contribution in [2.75, 3.05) is 13.1 Å². The molecule has 1 aromatic carbocycles. The minimum atomic E-state index is 0.307. The van der Waals surface area contributed by atoms with Crippen molar-refractivity contribution in [1.29, 1.82) is 0 Å². The van der Waals surface area contributed by atoms with Crippen LogP contribution in [0.1, 0.15) is 31.2 Å². The van der Waals surface area contributed by atoms with Gasteiger partial charge in [0.05, 0.1) is 10.2 Å². The van der Waals surface area contributed by atoms with E-state index in [-0.39, 0.29) is 0 Å². The second-order valence-electron chi connectivity index (χ2n) is 5.01. The Morgan fingerprint density at radius 2 is 2.17 bits per heavy atom. The van der Waals surface area contributed by atoms with E-state index in [0.29, 0.717) is 5.41 Å². The summed E-state index contributed by atoms with van der Waals surface area (Å²) in [5, 5.41) is 4.79. The summed E-state index contributed by atoms with van der Waals surface area (Å²) in [6.07, 6.45) is 3.62. The number of rotatable bonds is 2. The normalized spacial score (nSPS) is 19.2. The lowest BCUT2D eigenvalue weighted by molar-refractivity contribution is 0.297. The molecule has 18 heavy (non-hydrogen) atoms. The van der Waals surface area contributed by atoms with Crippen molar-refractivity contribution < 1.29 is 0 Å². The van der Waals surface area contributed by atoms with Crippen molar-refractivity contribution in [3.63, 3.8) is 0 Å². The van der Waals surface area contributed by atoms with Crippen LogP contribution in [0.5, 0.6) is 0 Å². The largest absolute Gasteiger partial charge is 0.317 e. The van der Waals surface area contributed by atoms with Crippen LogP contribution < -0.4 is 5.32 Å². The Balaban J connectivity index is 2.06. The molecule has 1 aliphatic heterocycles. The van der Waals surface area contributed by atoms with Crippen molar-refractivity contribution >= 4 is 37.5 Å². The molecule has 2 nitrogen and oxygen atoms in total. The van der Waals surface area contributed by atoms with Gasteiger partial charge < -0.3 is 5.32 Å². The molecule has 0 unspecified atom stereocenters. The summed E-state index contributed by atoms with van der Waals surface area (Å²) < 4.78 is 2.44. The fraction of sp³-hybridized carbons (Fsp3) is 0.500. The molecule has 1 aliphatic rings. The topological polar surface area (TPSA) is 24.9 Å². The highest BCUT2D eigenvalue weighted by molar-refractivity contribution is 9.10. The first-order chi connectivity index (χ1) is 8.73. The highest BCUT2D eigenvalue weighted by atomic mass is 79.9. The molecule has 0 saturated carbocycles. The molecule has 0 radical (unpaired) electrons. The van der Waals surface area contributed by atoms with Gasteiger partial charge in [-0.05, 0) is 50.6 Å². The summed E-state index contributed by atoms with van der Waals surface area (Å²) >= 11 is 5.41. The van der Waals surface area contributed by atoms with E-state index >= 15 is 0 Å². The third-order valence-corrected chi connectivity index (χ3v) is 5.80. The number of benzene rings is 1. The van der Waals surface area contributed by atoms with Gasteiger partial charge in [0, 0.05) is 9.89 Å². The third kappa shape index (κ3) is 2.10. The number of nitrogens with zero attached hydrogens (tertiary/aromatic N) is 1. The molecule has 2 heterocycles. The average Bonchev–Trinajstić information content (AvgIpc) is 2.83. The molecule has 1 aromatic heterocycles. The molecule has 0 aliphatic carbocycles. The van der Waals surface area contributed by atoms with Crippen molar-refractivity contribution in [3.8, 4) is 0 Å². The Bertz CT molecular complexity index is 558. The van der Waals surface area contributed by atoms with Gasteiger partial charge in [0.2, 0.25) is 0 Å². The van der Waals surface area contributed by atoms with Crippen LogP contribution in [0.4, 0.5) is 0 Å². The van der Waals surface area contributed by atoms with Crippen LogP contribution in [0.2, 0.25) is 0 Å². The maximum Gasteiger partial charge on any atom is 0.100 e. The number of hydrogen-bond acceptors (Lipinski definition) is 3. The molecular weight excluding hydrogens is 308 g/mol. The minimum Gasteiger partial charge on any atom is -0.317 e. The highest BCUT2D eigenvalue weighted by Gasteiger charge is 2.34. The number of piperidine rings is 1. The van der Waals surface area contributed by atoms with Gasteiger partial charge in [-0.1, -0.05) is 22.9 Å². The number of fused-ring (bicyclic) bond motifs is 1. The van der Waals surface area contributed by atoms with E-state index in [1.54, 1.807) is 0 Å². The summed E-state index contributed by atoms with van der Waals surface area (Å²) in [5.41, 5.74) is 1.45. The molecule has 96 valence electrons. The van der Waals surface area contributed by atoms with E-state index in [9.17, 15) is 0 Å². The number of aromatic nitrogens is 1. The van der Waals surface area contributed by atoms with Gasteiger partial charge in [-0.2, -0.15) is 0 Å². The number of nitrogens with one attached hydrogen (secondary N) is 1. The van der Waals surface area contributed by atoms with Gasteiger partial charge in [-0.25, -0.2) is 4.98 Å². The molecule has 0 spiro atoms. The zero-order valence-electron chi connectivity index (χ0n) is 10.5. The lowest BCUT2D eigenvalue weighted by atomic mass is 9.77. The average molecular weight is 325 g/mol. The van der Waals surface area contributed by atoms with E-state index in [1.807, 2.05) is 11.3 Å². The lowest BCUT2D eigenvalue weighted by Crippen LogP contribution is -2.39. The van der Waals surface area contributed by atoms with Crippen molar-refractivity contribution in [2.24, 2.45) is 0 Å². The molecule has 4 heteroatoms. The molecule has 2 aromatic rings. The number of halogens is 1. The van der Waals surface area contributed by atoms with E-state index < -0.39 is 0 Å². The van der Waals surface area contributed by atoms with Crippen LogP contribution in [0.3, 0.4) is 0 Å². The van der Waals surface area contributed by atoms with Crippen LogP contribution in [-0.2, 0) is 5.41 Å². The SMILES string of the molecule is CCC1(c2nc3ccc(Br)cc3s2)CCNCC1. The van der Waals surface area contributed by atoms with E-state index in [4.69, 9.17) is 4.98 Å². The Labute approximate surface area is 120 Å². The highest BCUT2D eigenvalue weighted by Crippen LogP contribution is 2.40. The van der Waals surface area contributed by atoms with E-state index in [0.717, 1.165) is 23.1 Å². The second kappa shape index (κ2) is 4.91. The van der Waals surface area contributed by atoms with Crippen LogP contribution in [0.25, 0.3) is 10.2 Å². The first kappa shape index (κ1) is 12.6. The molecule has 0 bridgehead atoms. The fourth-order valence-corrected chi connectivity index (χ4v) is 4.58. The zero-order chi connectivity index (χ0) is 12.6. The number of thiazole rings is 1. The Hall–Kier alpha value is -0.450. The molecule has 3 rings (SSSR count). The van der Waals surface area contributed by atoms with Gasteiger partial charge in [0.25, 0.3) is 0 Å². The molecule has 0 amide bonds. The predicted molar refractivity (Wildman–Crippen MR) is 81.4 cm³/mol. The monoisotopic (exact) mass is 324 g/mol. The van der Waals surface area contributed by atoms with Crippen molar-refractivity contribution in [2.45, 2.75) is 31.6 Å². The predicted octanol–water partition coefficient (Wildman–Crippen LogP) is 4.09. The van der Waals surface area contributed by atoms with Crippen molar-refractivity contribution in [3.05, 3.63) is 27.7 Å². The Morgan fingerprint density at radius 1 is 1.39 bits per heavy atom. The Morgan fingerprint density at radius 3 is 2.89 bits per heavy atom. The van der Waals surface area contributed by atoms with Crippen LogP contribution in [0, 0.1) is 0 Å². The molecule has 0 atom stereocenters. The minimum absolute atomic E-state index is 0.307. The van der Waals surface area contributed by atoms with Crippen LogP contribution >= 0.6 is 27.3 Å². The lowest BCUT2D eigenvalue weighted by Gasteiger charge is -2.34. The summed E-state index contributed by atoms with van der Waals surface area (Å²) in [6, 6.07) is 6.37. The van der Waals surface area contributed by atoms with Gasteiger partial charge in [-0.3, -0.25) is 0 Å². The maximum atomic E-state index is 4.89. The molecule has 1 N–H and O–H groups in total. The quantitative estimate of drug-likeness (QED) is 0.899. The zero-order valence-corrected chi connectivity index (χ0v) is 12.9. The fourth-order valence-electron chi connectivity index (χ4n) is 2.75. The molecule has 1 fully saturated rings. The molecular formula is C14H17BrN2S. The van der Waals surface area contributed by atoms with Gasteiger partial charge in [0.1, 0.15) is 5.01 Å². The van der Waals surface area contributed by atoms with Crippen LogP contribution in [-0.4, -0.2) is 18.1 Å². The van der Waals surface area contributed by atoms with Crippen molar-refractivity contribution in [1.82, 2.24) is 10.3 Å². The molecule has 1 saturated heterocycles.